The fourth-order valence-electron chi connectivity index (χ4n) is 8.55. The van der Waals surface area contributed by atoms with Crippen LogP contribution in [0.4, 0.5) is 17.1 Å². The van der Waals surface area contributed by atoms with Crippen LogP contribution in [0.2, 0.25) is 0 Å². The Morgan fingerprint density at radius 2 is 1.03 bits per heavy atom. The normalized spacial score (nSPS) is 22.4. The molecule has 0 amide bonds. The van der Waals surface area contributed by atoms with Crippen LogP contribution in [-0.2, 0) is 5.41 Å². The van der Waals surface area contributed by atoms with Crippen molar-refractivity contribution in [3.63, 3.8) is 0 Å². The van der Waals surface area contributed by atoms with E-state index in [1.54, 1.807) is 0 Å². The summed E-state index contributed by atoms with van der Waals surface area (Å²) in [5.41, 5.74) is -16.2. The van der Waals surface area contributed by atoms with Crippen LogP contribution in [0, 0.1) is 0 Å². The molecule has 0 bridgehead atoms. The lowest BCUT2D eigenvalue weighted by molar-refractivity contribution is 0.660. The van der Waals surface area contributed by atoms with Gasteiger partial charge in [-0.05, 0) is 114 Å². The van der Waals surface area contributed by atoms with Gasteiger partial charge in [-0.2, -0.15) is 0 Å². The van der Waals surface area contributed by atoms with E-state index < -0.39 is 345 Å². The van der Waals surface area contributed by atoms with Crippen molar-refractivity contribution in [2.24, 2.45) is 0 Å². The maximum atomic E-state index is 10.8. The second-order valence-electron chi connectivity index (χ2n) is 14.9. The van der Waals surface area contributed by atoms with E-state index in [9.17, 15) is 30.2 Å². The van der Waals surface area contributed by atoms with Crippen LogP contribution >= 0.6 is 0 Å². The molecule has 11 aromatic carbocycles. The predicted molar refractivity (Wildman–Crippen MR) is 276 cm³/mol. The number of fused-ring (bicyclic) bond motifs is 12. The Morgan fingerprint density at radius 3 is 1.83 bits per heavy atom. The summed E-state index contributed by atoms with van der Waals surface area (Å²) in [5.74, 6) is 0. The molecule has 2 nitrogen and oxygen atoms in total. The lowest BCUT2D eigenvalue weighted by Gasteiger charge is -2.32. The minimum atomic E-state index is -2.57. The van der Waals surface area contributed by atoms with Gasteiger partial charge in [-0.25, -0.2) is 0 Å². The standard InChI is InChI=1S/C63H44N2/c1-63(2)56-32-15-12-28-50(56)51-36-35-44(40-57(51)63)64(43-22-18-21-42(39-43)46-24-7-6-23-45(46)41-19-4-3-5-20-41)62-60(65-58-33-16-13-29-52(58)53-30-14-17-34-59(53)65)38-37-55-49-27-9-8-25-47(49)48-26-10-11-31-54(48)61(55)62/h3-40H,1-2H3/i1D2,3D,4D,5D,6D,7D,8D,10D,12D,13D,14D,15D,16D,17D,18D,19D,20D,21D,22D,23D,24D,25D,27D,28D,29D,30D,31D,32D,33D,34D,35D,36D,37D,38D,39D,40D. The second kappa shape index (κ2) is 14.4. The smallest absolute Gasteiger partial charge is 0.0787 e. The average Bonchev–Trinajstić information content (AvgIpc) is 1.32. The first kappa shape index (κ1) is 15.8. The number of hydrogen-bond acceptors (Lipinski definition) is 1. The maximum absolute atomic E-state index is 10.8. The fourth-order valence-corrected chi connectivity index (χ4v) is 8.55. The quantitative estimate of drug-likeness (QED) is 0.151. The lowest BCUT2D eigenvalue weighted by atomic mass is 9.82. The van der Waals surface area contributed by atoms with Crippen LogP contribution < -0.4 is 4.90 Å². The molecule has 0 radical (unpaired) electrons. The molecule has 0 N–H and O–H groups in total. The molecule has 12 aromatic rings. The summed E-state index contributed by atoms with van der Waals surface area (Å²) >= 11 is 0. The van der Waals surface area contributed by atoms with Gasteiger partial charge in [0.1, 0.15) is 0 Å². The van der Waals surface area contributed by atoms with Crippen LogP contribution in [0.1, 0.15) is 75.6 Å². The van der Waals surface area contributed by atoms with Crippen LogP contribution in [0.15, 0.2) is 230 Å². The molecule has 0 saturated carbocycles. The van der Waals surface area contributed by atoms with E-state index in [0.717, 1.165) is 25.1 Å². The summed E-state index contributed by atoms with van der Waals surface area (Å²) in [7, 11) is 0. The number of hydrogen-bond donors (Lipinski definition) is 0. The van der Waals surface area contributed by atoms with Gasteiger partial charge >= 0.3 is 0 Å². The maximum Gasteiger partial charge on any atom is 0.0787 e. The molecule has 0 spiro atoms. The van der Waals surface area contributed by atoms with Gasteiger partial charge in [-0.3, -0.25) is 0 Å². The highest BCUT2D eigenvalue weighted by atomic mass is 15.2. The molecule has 65 heavy (non-hydrogen) atoms. The Hall–Kier alpha value is -8.20. The summed E-state index contributed by atoms with van der Waals surface area (Å²) in [6.07, 6.45) is 0. The molecule has 1 atom stereocenters. The summed E-state index contributed by atoms with van der Waals surface area (Å²) in [5, 5.41) is -5.12. The summed E-state index contributed by atoms with van der Waals surface area (Å²) in [6, 6.07) is -34.7. The molecule has 1 aromatic heterocycles. The Morgan fingerprint density at radius 1 is 0.431 bits per heavy atom. The molecule has 0 aliphatic heterocycles. The van der Waals surface area contributed by atoms with Crippen LogP contribution in [0.5, 0.6) is 0 Å². The molecule has 2 heteroatoms. The van der Waals surface area contributed by atoms with Crippen LogP contribution in [-0.4, -0.2) is 4.57 Å². The van der Waals surface area contributed by atoms with E-state index >= 15 is 0 Å². The van der Waals surface area contributed by atoms with E-state index in [-0.39, 0.29) is 0 Å². The van der Waals surface area contributed by atoms with Crippen molar-refractivity contribution in [1.82, 2.24) is 4.57 Å². The van der Waals surface area contributed by atoms with E-state index in [1.807, 2.05) is 0 Å². The zero-order chi connectivity index (χ0) is 75.3. The van der Waals surface area contributed by atoms with Crippen molar-refractivity contribution in [1.29, 1.82) is 0 Å². The number of nitrogens with zero attached hydrogens (tertiary/aromatic N) is 2. The average molecular weight is 866 g/mol. The van der Waals surface area contributed by atoms with Gasteiger partial charge in [-0.1, -0.05) is 201 Å². The Bertz CT molecular complexity index is 5910. The third-order valence-electron chi connectivity index (χ3n) is 11.3. The first-order chi connectivity index (χ1) is 47.5. The largest absolute Gasteiger partial charge is 0.308 e. The highest BCUT2D eigenvalue weighted by molar-refractivity contribution is 6.30. The van der Waals surface area contributed by atoms with E-state index in [2.05, 4.69) is 0 Å². The molecule has 1 aliphatic rings. The number of para-hydroxylation sites is 2. The van der Waals surface area contributed by atoms with Gasteiger partial charge < -0.3 is 9.47 Å². The molecule has 0 fully saturated rings. The number of aromatic nitrogens is 1. The SMILES string of the molecule is [2H]c1cc([2H])c2c(c1)c1c([2H])c([2H])cc([2H])c1c1c([2H])c([2H])c(-n3c4c([2H])c([2H])c([2H])c([2H])c4c4c([2H])c([2H])c([2H])c([2H])c43)c(N(c3c([2H])c([2H])c([2H])c(-c4c([2H])c([2H])c([2H])c([2H])c4-c4c([2H])c([2H])c([2H])c([2H])c4[2H])c3[2H])c3c([2H])c([2H])c4c(c3[2H])C(C)(C([2H])[2H])c3c([2H])c([2H])c([2H])c([2H])c3-4)c21. The molecule has 13 rings (SSSR count). The van der Waals surface area contributed by atoms with Crippen LogP contribution in [0.3, 0.4) is 0 Å². The van der Waals surface area contributed by atoms with Gasteiger partial charge in [0.15, 0.2) is 0 Å². The summed E-state index contributed by atoms with van der Waals surface area (Å²) in [6.45, 7) is -1.32. The number of rotatable bonds is 6. The minimum Gasteiger partial charge on any atom is -0.308 e. The monoisotopic (exact) mass is 866 g/mol. The lowest BCUT2D eigenvalue weighted by Crippen LogP contribution is -2.17. The van der Waals surface area contributed by atoms with Gasteiger partial charge in [0.2, 0.25) is 0 Å². The van der Waals surface area contributed by atoms with Gasteiger partial charge in [0, 0.05) is 35.7 Å². The molecule has 306 valence electrons. The topological polar surface area (TPSA) is 8.17 Å². The molecule has 1 heterocycles. The van der Waals surface area contributed by atoms with Crippen molar-refractivity contribution in [3.8, 4) is 39.1 Å². The number of benzene rings is 11. The van der Waals surface area contributed by atoms with Crippen molar-refractivity contribution < 1.29 is 50.7 Å². The predicted octanol–water partition coefficient (Wildman–Crippen LogP) is 17.4. The molecule has 0 saturated heterocycles. The minimum absolute atomic E-state index is 0.430. The van der Waals surface area contributed by atoms with E-state index in [0.29, 0.717) is 9.47 Å². The van der Waals surface area contributed by atoms with Crippen molar-refractivity contribution in [2.75, 3.05) is 4.90 Å². The van der Waals surface area contributed by atoms with E-state index in [1.165, 1.54) is 0 Å². The highest BCUT2D eigenvalue weighted by Crippen LogP contribution is 2.54. The summed E-state index contributed by atoms with van der Waals surface area (Å²) < 4.78 is 352. The molecular weight excluding hydrogens is 785 g/mol. The molecule has 1 unspecified atom stereocenters. The molecule has 1 aliphatic carbocycles. The fraction of sp³-hybridized carbons (Fsp3) is 0.0476. The van der Waals surface area contributed by atoms with Crippen molar-refractivity contribution in [3.05, 3.63) is 241 Å². The van der Waals surface area contributed by atoms with Crippen LogP contribution in [0.25, 0.3) is 93.2 Å². The zero-order valence-corrected chi connectivity index (χ0v) is 33.2. The van der Waals surface area contributed by atoms with E-state index in [4.69, 9.17) is 20.6 Å². The van der Waals surface area contributed by atoms with Gasteiger partial charge in [0.25, 0.3) is 0 Å². The molecular formula is C63H44N2. The number of anilines is 3. The Kier molecular flexibility index (Phi) is 3.51. The van der Waals surface area contributed by atoms with Crippen molar-refractivity contribution in [2.45, 2.75) is 19.2 Å². The zero-order valence-electron chi connectivity index (χ0n) is 70.2. The van der Waals surface area contributed by atoms with Gasteiger partial charge in [-0.15, -0.1) is 0 Å². The second-order valence-corrected chi connectivity index (χ2v) is 14.9. The Labute approximate surface area is 430 Å². The Balaban J connectivity index is 1.43. The van der Waals surface area contributed by atoms with Gasteiger partial charge in [0.05, 0.1) is 70.4 Å². The first-order valence-corrected chi connectivity index (χ1v) is 19.6. The highest BCUT2D eigenvalue weighted by Gasteiger charge is 2.36. The third kappa shape index (κ3) is 5.60. The third-order valence-corrected chi connectivity index (χ3v) is 11.3. The first-order valence-electron chi connectivity index (χ1n) is 38.3. The summed E-state index contributed by atoms with van der Waals surface area (Å²) in [4.78, 5) is 0.430. The van der Waals surface area contributed by atoms with Crippen molar-refractivity contribution >= 4 is 71.2 Å².